The summed E-state index contributed by atoms with van der Waals surface area (Å²) in [4.78, 5) is 0. The van der Waals surface area contributed by atoms with E-state index in [0.717, 1.165) is 5.92 Å². The third-order valence-electron chi connectivity index (χ3n) is 5.39. The highest BCUT2D eigenvalue weighted by Crippen LogP contribution is 2.41. The zero-order chi connectivity index (χ0) is 13.7. The van der Waals surface area contributed by atoms with Crippen LogP contribution in [0.5, 0.6) is 0 Å². The maximum Gasteiger partial charge on any atom is 0.0305 e. The van der Waals surface area contributed by atoms with Gasteiger partial charge in [0, 0.05) is 6.04 Å². The molecule has 1 nitrogen and oxygen atoms in total. The van der Waals surface area contributed by atoms with Gasteiger partial charge < -0.3 is 5.32 Å². The van der Waals surface area contributed by atoms with Gasteiger partial charge in [-0.3, -0.25) is 0 Å². The number of hydrogen-bond acceptors (Lipinski definition) is 1. The molecule has 2 aliphatic rings. The second-order valence-corrected chi connectivity index (χ2v) is 7.50. The van der Waals surface area contributed by atoms with Gasteiger partial charge in [0.25, 0.3) is 0 Å². The van der Waals surface area contributed by atoms with Crippen LogP contribution in [0, 0.1) is 11.3 Å². The fourth-order valence-electron chi connectivity index (χ4n) is 3.98. The van der Waals surface area contributed by atoms with Gasteiger partial charge in [0.2, 0.25) is 0 Å². The smallest absolute Gasteiger partial charge is 0.0305 e. The van der Waals surface area contributed by atoms with E-state index in [-0.39, 0.29) is 0 Å². The minimum Gasteiger partial charge on any atom is -0.313 e. The van der Waals surface area contributed by atoms with Crippen LogP contribution in [0.1, 0.15) is 78.1 Å². The van der Waals surface area contributed by atoms with Crippen molar-refractivity contribution in [1.82, 2.24) is 5.32 Å². The van der Waals surface area contributed by atoms with Crippen molar-refractivity contribution in [3.8, 4) is 0 Å². The van der Waals surface area contributed by atoms with Crippen molar-refractivity contribution in [3.05, 3.63) is 11.6 Å². The number of hydrogen-bond donors (Lipinski definition) is 1. The normalized spacial score (nSPS) is 27.2. The van der Waals surface area contributed by atoms with Gasteiger partial charge in [-0.2, -0.15) is 0 Å². The average Bonchev–Trinajstić information content (AvgIpc) is 2.34. The summed E-state index contributed by atoms with van der Waals surface area (Å²) in [6.07, 6.45) is 16.5. The third-order valence-corrected chi connectivity index (χ3v) is 5.39. The highest BCUT2D eigenvalue weighted by Gasteiger charge is 2.32. The molecule has 0 radical (unpaired) electrons. The van der Waals surface area contributed by atoms with Crippen molar-refractivity contribution < 1.29 is 0 Å². The molecule has 0 aliphatic heterocycles. The zero-order valence-corrected chi connectivity index (χ0v) is 13.3. The van der Waals surface area contributed by atoms with E-state index >= 15 is 0 Å². The summed E-state index contributed by atoms with van der Waals surface area (Å²) in [6, 6.07) is 0.661. The topological polar surface area (TPSA) is 12.0 Å². The Labute approximate surface area is 120 Å². The second-order valence-electron chi connectivity index (χ2n) is 7.50. The van der Waals surface area contributed by atoms with Crippen molar-refractivity contribution in [2.24, 2.45) is 11.3 Å². The molecule has 19 heavy (non-hydrogen) atoms. The highest BCUT2D eigenvalue weighted by atomic mass is 14.9. The van der Waals surface area contributed by atoms with E-state index in [0.29, 0.717) is 11.5 Å². The fraction of sp³-hybridized carbons (Fsp3) is 0.889. The highest BCUT2D eigenvalue weighted by molar-refractivity contribution is 5.14. The minimum atomic E-state index is 0.587. The van der Waals surface area contributed by atoms with Crippen molar-refractivity contribution in [2.45, 2.75) is 84.1 Å². The Morgan fingerprint density at radius 2 is 1.79 bits per heavy atom. The van der Waals surface area contributed by atoms with Crippen LogP contribution in [0.3, 0.4) is 0 Å². The van der Waals surface area contributed by atoms with Gasteiger partial charge >= 0.3 is 0 Å². The summed E-state index contributed by atoms with van der Waals surface area (Å²) in [7, 11) is 2.17. The van der Waals surface area contributed by atoms with Crippen LogP contribution < -0.4 is 5.32 Å². The molecule has 1 fully saturated rings. The third kappa shape index (κ3) is 4.34. The lowest BCUT2D eigenvalue weighted by molar-refractivity contribution is 0.171. The summed E-state index contributed by atoms with van der Waals surface area (Å²) in [6.45, 7) is 4.87. The maximum atomic E-state index is 3.65. The van der Waals surface area contributed by atoms with E-state index in [2.05, 4.69) is 32.3 Å². The number of allylic oxidation sites excluding steroid dienone is 1. The molecule has 1 saturated carbocycles. The molecule has 110 valence electrons. The van der Waals surface area contributed by atoms with Crippen LogP contribution >= 0.6 is 0 Å². The Balaban J connectivity index is 1.98. The van der Waals surface area contributed by atoms with E-state index in [1.54, 1.807) is 5.57 Å². The Morgan fingerprint density at radius 3 is 2.47 bits per heavy atom. The monoisotopic (exact) mass is 263 g/mol. The van der Waals surface area contributed by atoms with Gasteiger partial charge in [-0.05, 0) is 69.7 Å². The van der Waals surface area contributed by atoms with E-state index in [1.165, 1.54) is 64.2 Å². The van der Waals surface area contributed by atoms with E-state index < -0.39 is 0 Å². The lowest BCUT2D eigenvalue weighted by Gasteiger charge is -2.39. The Morgan fingerprint density at radius 1 is 1.11 bits per heavy atom. The molecule has 0 spiro atoms. The Kier molecular flexibility index (Phi) is 5.50. The standard InChI is InChI=1S/C18H33N/c1-18(2)13-11-16(12-14-18)17(19-3)15-9-7-5-4-6-8-10-15/h9,16-17,19H,4-8,10-14H2,1-3H3. The predicted octanol–water partition coefficient (Wildman–Crippen LogP) is 5.07. The second kappa shape index (κ2) is 6.92. The SMILES string of the molecule is CNC(C1=CCCCCCC1)C1CCC(C)(C)CC1. The fourth-order valence-corrected chi connectivity index (χ4v) is 3.98. The first-order valence-corrected chi connectivity index (χ1v) is 8.48. The van der Waals surface area contributed by atoms with Gasteiger partial charge in [0.15, 0.2) is 0 Å². The molecular formula is C18H33N. The summed E-state index contributed by atoms with van der Waals surface area (Å²) in [5, 5.41) is 3.65. The van der Waals surface area contributed by atoms with E-state index in [1.807, 2.05) is 0 Å². The van der Waals surface area contributed by atoms with Gasteiger partial charge in [-0.1, -0.05) is 38.3 Å². The molecule has 0 aromatic rings. The van der Waals surface area contributed by atoms with Crippen LogP contribution in [0.15, 0.2) is 11.6 Å². The van der Waals surface area contributed by atoms with Crippen molar-refractivity contribution in [1.29, 1.82) is 0 Å². The molecule has 0 saturated heterocycles. The summed E-state index contributed by atoms with van der Waals surface area (Å²) in [5.74, 6) is 0.878. The summed E-state index contributed by atoms with van der Waals surface area (Å²) in [5.41, 5.74) is 2.32. The predicted molar refractivity (Wildman–Crippen MR) is 84.4 cm³/mol. The molecular weight excluding hydrogens is 230 g/mol. The zero-order valence-electron chi connectivity index (χ0n) is 13.3. The largest absolute Gasteiger partial charge is 0.313 e. The summed E-state index contributed by atoms with van der Waals surface area (Å²) >= 11 is 0. The average molecular weight is 263 g/mol. The van der Waals surface area contributed by atoms with Gasteiger partial charge in [0.1, 0.15) is 0 Å². The number of rotatable bonds is 3. The lowest BCUT2D eigenvalue weighted by atomic mass is 9.69. The lowest BCUT2D eigenvalue weighted by Crippen LogP contribution is -2.39. The van der Waals surface area contributed by atoms with Crippen LogP contribution in [0.4, 0.5) is 0 Å². The van der Waals surface area contributed by atoms with Crippen molar-refractivity contribution >= 4 is 0 Å². The summed E-state index contributed by atoms with van der Waals surface area (Å²) < 4.78 is 0. The van der Waals surface area contributed by atoms with Crippen LogP contribution in [-0.2, 0) is 0 Å². The number of likely N-dealkylation sites (N-methyl/N-ethyl adjacent to an activating group) is 1. The first kappa shape index (κ1) is 15.1. The van der Waals surface area contributed by atoms with E-state index in [4.69, 9.17) is 0 Å². The molecule has 0 amide bonds. The van der Waals surface area contributed by atoms with Crippen molar-refractivity contribution in [3.63, 3.8) is 0 Å². The van der Waals surface area contributed by atoms with Crippen molar-refractivity contribution in [2.75, 3.05) is 7.05 Å². The molecule has 0 aromatic carbocycles. The van der Waals surface area contributed by atoms with Gasteiger partial charge in [0.05, 0.1) is 0 Å². The minimum absolute atomic E-state index is 0.587. The molecule has 0 heterocycles. The molecule has 0 aromatic heterocycles. The Bertz CT molecular complexity index is 293. The number of nitrogens with one attached hydrogen (secondary N) is 1. The molecule has 0 bridgehead atoms. The van der Waals surface area contributed by atoms with Crippen LogP contribution in [0.2, 0.25) is 0 Å². The van der Waals surface area contributed by atoms with Crippen LogP contribution in [0.25, 0.3) is 0 Å². The first-order valence-electron chi connectivity index (χ1n) is 8.48. The molecule has 1 unspecified atom stereocenters. The molecule has 2 rings (SSSR count). The van der Waals surface area contributed by atoms with Gasteiger partial charge in [-0.25, -0.2) is 0 Å². The maximum absolute atomic E-state index is 3.65. The molecule has 2 aliphatic carbocycles. The van der Waals surface area contributed by atoms with E-state index in [9.17, 15) is 0 Å². The molecule has 1 atom stereocenters. The quantitative estimate of drug-likeness (QED) is 0.701. The molecule has 1 N–H and O–H groups in total. The molecule has 1 heteroatoms. The van der Waals surface area contributed by atoms with Crippen LogP contribution in [-0.4, -0.2) is 13.1 Å². The Hall–Kier alpha value is -0.300. The first-order chi connectivity index (χ1) is 9.12. The van der Waals surface area contributed by atoms with Gasteiger partial charge in [-0.15, -0.1) is 0 Å².